The van der Waals surface area contributed by atoms with Crippen LogP contribution in [0.15, 0.2) is 80.9 Å². The van der Waals surface area contributed by atoms with E-state index in [1.54, 1.807) is 6.07 Å². The summed E-state index contributed by atoms with van der Waals surface area (Å²) in [6.45, 7) is 7.29. The Morgan fingerprint density at radius 1 is 1.03 bits per heavy atom. The molecule has 3 aromatic rings. The smallest absolute Gasteiger partial charge is 0.246 e. The lowest BCUT2D eigenvalue weighted by molar-refractivity contribution is 0.390. The van der Waals surface area contributed by atoms with E-state index < -0.39 is 10.0 Å². The van der Waals surface area contributed by atoms with Crippen molar-refractivity contribution in [3.05, 3.63) is 60.7 Å². The van der Waals surface area contributed by atoms with Crippen molar-refractivity contribution >= 4 is 37.9 Å². The average Bonchev–Trinajstić information content (AvgIpc) is 3.28. The fraction of sp³-hybridized carbons (Fsp3) is 0.393. The Kier molecular flexibility index (Phi) is 8.56. The molecule has 0 saturated carbocycles. The molecule has 0 saturated heterocycles. The van der Waals surface area contributed by atoms with E-state index >= 15 is 0 Å². The first kappa shape index (κ1) is 26.8. The van der Waals surface area contributed by atoms with E-state index in [9.17, 15) is 13.5 Å². The maximum absolute atomic E-state index is 13.7. The first-order valence-corrected chi connectivity index (χ1v) is 14.3. The molecule has 0 aliphatic carbocycles. The number of anilines is 1. The van der Waals surface area contributed by atoms with Crippen LogP contribution in [-0.2, 0) is 10.0 Å². The number of hydrogen-bond donors (Lipinski definition) is 1. The highest BCUT2D eigenvalue weighted by Gasteiger charge is 2.30. The molecule has 0 aromatic heterocycles. The van der Waals surface area contributed by atoms with Crippen LogP contribution in [0.4, 0.5) is 11.4 Å². The highest BCUT2D eigenvalue weighted by atomic mass is 32.2. The van der Waals surface area contributed by atoms with Gasteiger partial charge in [0.05, 0.1) is 17.9 Å². The number of fused-ring (bicyclic) bond motifs is 1. The van der Waals surface area contributed by atoms with Gasteiger partial charge in [0.25, 0.3) is 0 Å². The van der Waals surface area contributed by atoms with Gasteiger partial charge in [-0.2, -0.15) is 19.6 Å². The lowest BCUT2D eigenvalue weighted by atomic mass is 10.1. The van der Waals surface area contributed by atoms with Crippen molar-refractivity contribution in [1.82, 2.24) is 4.31 Å². The van der Waals surface area contributed by atoms with Crippen LogP contribution in [0.5, 0.6) is 5.75 Å². The lowest BCUT2D eigenvalue weighted by Crippen LogP contribution is -2.33. The Morgan fingerprint density at radius 2 is 1.68 bits per heavy atom. The number of phenols is 1. The molecule has 1 aliphatic heterocycles. The summed E-state index contributed by atoms with van der Waals surface area (Å²) in [5.74, 6) is -0.368. The van der Waals surface area contributed by atoms with Crippen LogP contribution in [0.3, 0.4) is 0 Å². The van der Waals surface area contributed by atoms with Gasteiger partial charge < -0.3 is 5.11 Å². The SMILES string of the molecule is CCCCN(CCCC)S(=O)(=O)c1cc2ccccc2c(N=NC2CN(c3ccccc3)N=C2C)c1O. The summed E-state index contributed by atoms with van der Waals surface area (Å²) in [6, 6.07) is 18.4. The second kappa shape index (κ2) is 11.8. The van der Waals surface area contributed by atoms with E-state index in [4.69, 9.17) is 0 Å². The second-order valence-corrected chi connectivity index (χ2v) is 11.2. The predicted molar refractivity (Wildman–Crippen MR) is 149 cm³/mol. The summed E-state index contributed by atoms with van der Waals surface area (Å²) in [6.07, 6.45) is 3.26. The van der Waals surface area contributed by atoms with E-state index in [0.717, 1.165) is 37.1 Å². The largest absolute Gasteiger partial charge is 0.504 e. The van der Waals surface area contributed by atoms with Crippen molar-refractivity contribution in [1.29, 1.82) is 0 Å². The van der Waals surface area contributed by atoms with Crippen molar-refractivity contribution in [2.45, 2.75) is 57.4 Å². The number of phenolic OH excluding ortho intramolecular Hbond substituents is 1. The van der Waals surface area contributed by atoms with Gasteiger partial charge in [0.2, 0.25) is 10.0 Å². The molecule has 0 spiro atoms. The third-order valence-electron chi connectivity index (χ3n) is 6.56. The van der Waals surface area contributed by atoms with Crippen LogP contribution in [-0.4, -0.2) is 49.2 Å². The zero-order valence-corrected chi connectivity index (χ0v) is 22.5. The van der Waals surface area contributed by atoms with Gasteiger partial charge in [-0.25, -0.2) is 8.42 Å². The number of unbranched alkanes of at least 4 members (excludes halogenated alkanes) is 2. The number of azo groups is 1. The third-order valence-corrected chi connectivity index (χ3v) is 8.47. The molecule has 196 valence electrons. The summed E-state index contributed by atoms with van der Waals surface area (Å²) in [7, 11) is -3.93. The van der Waals surface area contributed by atoms with Crippen molar-refractivity contribution in [3.8, 4) is 5.75 Å². The third kappa shape index (κ3) is 5.83. The number of aromatic hydroxyl groups is 1. The normalized spacial score (nSPS) is 16.3. The molecule has 3 aromatic carbocycles. The van der Waals surface area contributed by atoms with Gasteiger partial charge in [-0.15, -0.1) is 0 Å². The quantitative estimate of drug-likeness (QED) is 0.292. The summed E-state index contributed by atoms with van der Waals surface area (Å²) in [5.41, 5.74) is 1.92. The van der Waals surface area contributed by atoms with Crippen LogP contribution in [0.1, 0.15) is 46.5 Å². The first-order valence-electron chi connectivity index (χ1n) is 12.9. The van der Waals surface area contributed by atoms with Crippen molar-refractivity contribution in [3.63, 3.8) is 0 Å². The first-order chi connectivity index (χ1) is 17.9. The zero-order valence-electron chi connectivity index (χ0n) is 21.7. The summed E-state index contributed by atoms with van der Waals surface area (Å²) >= 11 is 0. The van der Waals surface area contributed by atoms with Gasteiger partial charge in [0.15, 0.2) is 5.75 Å². The van der Waals surface area contributed by atoms with Gasteiger partial charge in [0.1, 0.15) is 16.6 Å². The molecule has 8 nitrogen and oxygen atoms in total. The van der Waals surface area contributed by atoms with E-state index in [-0.39, 0.29) is 22.4 Å². The van der Waals surface area contributed by atoms with Gasteiger partial charge in [-0.1, -0.05) is 69.2 Å². The summed E-state index contributed by atoms with van der Waals surface area (Å²) < 4.78 is 29.0. The molecule has 9 heteroatoms. The molecular weight excluding hydrogens is 486 g/mol. The highest BCUT2D eigenvalue weighted by Crippen LogP contribution is 2.42. The maximum atomic E-state index is 13.7. The van der Waals surface area contributed by atoms with Crippen molar-refractivity contribution in [2.75, 3.05) is 24.6 Å². The molecule has 1 unspecified atom stereocenters. The monoisotopic (exact) mass is 521 g/mol. The Balaban J connectivity index is 1.72. The van der Waals surface area contributed by atoms with Gasteiger partial charge in [-0.3, -0.25) is 5.01 Å². The van der Waals surface area contributed by atoms with Gasteiger partial charge >= 0.3 is 0 Å². The number of sulfonamides is 1. The lowest BCUT2D eigenvalue weighted by Gasteiger charge is -2.23. The topological polar surface area (TPSA) is 97.9 Å². The van der Waals surface area contributed by atoms with E-state index in [1.165, 1.54) is 4.31 Å². The molecule has 1 atom stereocenters. The van der Waals surface area contributed by atoms with Crippen LogP contribution in [0, 0.1) is 0 Å². The van der Waals surface area contributed by atoms with Crippen molar-refractivity contribution < 1.29 is 13.5 Å². The van der Waals surface area contributed by atoms with E-state index in [0.29, 0.717) is 30.4 Å². The molecule has 4 rings (SSSR count). The summed E-state index contributed by atoms with van der Waals surface area (Å²) in [4.78, 5) is -0.130. The van der Waals surface area contributed by atoms with E-state index in [1.807, 2.05) is 80.4 Å². The molecule has 1 aliphatic rings. The second-order valence-electron chi connectivity index (χ2n) is 9.29. The van der Waals surface area contributed by atoms with E-state index in [2.05, 4.69) is 15.3 Å². The summed E-state index contributed by atoms with van der Waals surface area (Å²) in [5, 5.41) is 28.0. The minimum absolute atomic E-state index is 0.130. The molecule has 1 heterocycles. The highest BCUT2D eigenvalue weighted by molar-refractivity contribution is 7.89. The Bertz CT molecular complexity index is 1380. The molecule has 0 fully saturated rings. The number of nitrogens with zero attached hydrogens (tertiary/aromatic N) is 5. The minimum Gasteiger partial charge on any atom is -0.504 e. The van der Waals surface area contributed by atoms with Gasteiger partial charge in [0, 0.05) is 18.5 Å². The predicted octanol–water partition coefficient (Wildman–Crippen LogP) is 6.48. The number of para-hydroxylation sites is 1. The molecule has 0 bridgehead atoms. The Morgan fingerprint density at radius 3 is 2.35 bits per heavy atom. The number of rotatable bonds is 11. The maximum Gasteiger partial charge on any atom is 0.246 e. The molecule has 1 N–H and O–H groups in total. The van der Waals surface area contributed by atoms with Crippen LogP contribution in [0.25, 0.3) is 10.8 Å². The van der Waals surface area contributed by atoms with Crippen LogP contribution >= 0.6 is 0 Å². The number of hydrazone groups is 1. The fourth-order valence-electron chi connectivity index (χ4n) is 4.35. The van der Waals surface area contributed by atoms with Crippen LogP contribution < -0.4 is 5.01 Å². The van der Waals surface area contributed by atoms with Crippen molar-refractivity contribution in [2.24, 2.45) is 15.3 Å². The van der Waals surface area contributed by atoms with Gasteiger partial charge in [-0.05, 0) is 43.4 Å². The number of hydrogen-bond acceptors (Lipinski definition) is 7. The fourth-order valence-corrected chi connectivity index (χ4v) is 5.99. The standard InChI is InChI=1S/C28H35N5O3S/c1-4-6-17-32(18-7-5-2)37(35,36)26-19-22-13-11-12-16-24(22)27(28(26)34)30-29-25-20-33(31-21(25)3)23-14-9-8-10-15-23/h8-16,19,25,34H,4-7,17-18,20H2,1-3H3. The molecular formula is C28H35N5O3S. The van der Waals surface area contributed by atoms with Crippen LogP contribution in [0.2, 0.25) is 0 Å². The number of benzene rings is 3. The molecule has 0 radical (unpaired) electrons. The zero-order chi connectivity index (χ0) is 26.4. The molecule has 37 heavy (non-hydrogen) atoms. The average molecular weight is 522 g/mol. The Hall–Kier alpha value is -3.30. The minimum atomic E-state index is -3.93. The Labute approximate surface area is 219 Å². The molecule has 0 amide bonds.